The van der Waals surface area contributed by atoms with E-state index in [1.807, 2.05) is 37.1 Å². The number of hydrogen-bond donors (Lipinski definition) is 2. The van der Waals surface area contributed by atoms with E-state index in [1.54, 1.807) is 13.1 Å². The maximum atomic E-state index is 13.6. The minimum Gasteiger partial charge on any atom is -0.482 e. The average Bonchev–Trinajstić information content (AvgIpc) is 3.87. The summed E-state index contributed by atoms with van der Waals surface area (Å²) in [5, 5.41) is 2.95. The molecular weight excluding hydrogens is 582 g/mol. The second-order valence-electron chi connectivity index (χ2n) is 13.0. The molecule has 2 amide bonds. The van der Waals surface area contributed by atoms with Crippen LogP contribution in [0.3, 0.4) is 0 Å². The van der Waals surface area contributed by atoms with Gasteiger partial charge in [0.15, 0.2) is 6.10 Å². The van der Waals surface area contributed by atoms with E-state index in [0.29, 0.717) is 73.8 Å². The summed E-state index contributed by atoms with van der Waals surface area (Å²) >= 11 is 0. The third-order valence-corrected chi connectivity index (χ3v) is 9.20. The van der Waals surface area contributed by atoms with Gasteiger partial charge in [0.1, 0.15) is 17.4 Å². The lowest BCUT2D eigenvalue weighted by molar-refractivity contribution is -0.130. The number of nitrogens with two attached hydrogens (primary N) is 1. The summed E-state index contributed by atoms with van der Waals surface area (Å²) in [7, 11) is 0. The molecule has 0 radical (unpaired) electrons. The van der Waals surface area contributed by atoms with Crippen LogP contribution < -0.4 is 15.8 Å². The number of benzene rings is 1. The van der Waals surface area contributed by atoms with Crippen molar-refractivity contribution in [1.82, 2.24) is 24.8 Å². The number of nitrogens with zero attached hydrogens (tertiary/aromatic N) is 5. The molecule has 2 aromatic heterocycles. The molecule has 4 heterocycles. The summed E-state index contributed by atoms with van der Waals surface area (Å²) in [5.41, 5.74) is 10.8. The average molecular weight is 626 g/mol. The van der Waals surface area contributed by atoms with Gasteiger partial charge in [-0.25, -0.2) is 9.97 Å². The van der Waals surface area contributed by atoms with Gasteiger partial charge in [-0.15, -0.1) is 0 Å². The predicted molar refractivity (Wildman–Crippen MR) is 175 cm³/mol. The number of hydrogen-bond acceptors (Lipinski definition) is 9. The molecule has 3 N–H and O–H groups in total. The first-order chi connectivity index (χ1) is 22.0. The number of piperazine rings is 1. The summed E-state index contributed by atoms with van der Waals surface area (Å²) in [4.78, 5) is 43.6. The van der Waals surface area contributed by atoms with Gasteiger partial charge in [0.05, 0.1) is 24.4 Å². The number of pyridine rings is 1. The normalized spacial score (nSPS) is 20.0. The van der Waals surface area contributed by atoms with Gasteiger partial charge < -0.3 is 25.4 Å². The second-order valence-corrected chi connectivity index (χ2v) is 13.0. The Labute approximate surface area is 270 Å². The van der Waals surface area contributed by atoms with Gasteiger partial charge in [0.2, 0.25) is 5.91 Å². The van der Waals surface area contributed by atoms with E-state index in [0.717, 1.165) is 16.8 Å². The molecule has 2 aliphatic heterocycles. The zero-order valence-electron chi connectivity index (χ0n) is 27.1. The van der Waals surface area contributed by atoms with Gasteiger partial charge in [0.25, 0.3) is 5.91 Å². The van der Waals surface area contributed by atoms with Gasteiger partial charge >= 0.3 is 0 Å². The highest BCUT2D eigenvalue weighted by Crippen LogP contribution is 2.41. The Morgan fingerprint density at radius 2 is 1.93 bits per heavy atom. The van der Waals surface area contributed by atoms with Crippen molar-refractivity contribution in [3.8, 4) is 5.75 Å². The van der Waals surface area contributed by atoms with Gasteiger partial charge in [-0.2, -0.15) is 0 Å². The molecule has 0 spiro atoms. The van der Waals surface area contributed by atoms with Crippen molar-refractivity contribution in [3.05, 3.63) is 88.6 Å². The van der Waals surface area contributed by atoms with Crippen LogP contribution in [0.25, 0.3) is 0 Å². The first kappa shape index (κ1) is 31.8. The molecule has 1 aromatic carbocycles. The highest BCUT2D eigenvalue weighted by Gasteiger charge is 2.40. The molecule has 1 aliphatic carbocycles. The first-order valence-corrected chi connectivity index (χ1v) is 16.0. The number of anilines is 1. The molecule has 6 rings (SSSR count). The molecule has 3 aliphatic rings. The Balaban J connectivity index is 1.31. The van der Waals surface area contributed by atoms with Crippen molar-refractivity contribution in [2.45, 2.75) is 64.1 Å². The van der Waals surface area contributed by atoms with Crippen LogP contribution in [0.1, 0.15) is 75.9 Å². The summed E-state index contributed by atoms with van der Waals surface area (Å²) < 4.78 is 12.4. The molecule has 11 heteroatoms. The lowest BCUT2D eigenvalue weighted by atomic mass is 9.86. The van der Waals surface area contributed by atoms with Crippen molar-refractivity contribution >= 4 is 17.6 Å². The van der Waals surface area contributed by atoms with E-state index in [9.17, 15) is 9.59 Å². The molecule has 46 heavy (non-hydrogen) atoms. The third-order valence-electron chi connectivity index (χ3n) is 9.20. The van der Waals surface area contributed by atoms with Gasteiger partial charge in [-0.05, 0) is 81.9 Å². The van der Waals surface area contributed by atoms with E-state index in [4.69, 9.17) is 20.2 Å². The third kappa shape index (κ3) is 6.67. The topological polar surface area (TPSA) is 136 Å². The van der Waals surface area contributed by atoms with Crippen LogP contribution in [0.4, 0.5) is 5.82 Å². The Hall–Kier alpha value is -4.19. The van der Waals surface area contributed by atoms with Crippen LogP contribution in [0.2, 0.25) is 0 Å². The van der Waals surface area contributed by atoms with Crippen molar-refractivity contribution in [1.29, 1.82) is 0 Å². The number of aromatic nitrogens is 3. The van der Waals surface area contributed by atoms with Crippen LogP contribution in [0.15, 0.2) is 49.3 Å². The van der Waals surface area contributed by atoms with Crippen molar-refractivity contribution in [2.75, 3.05) is 44.7 Å². The van der Waals surface area contributed by atoms with E-state index in [1.165, 1.54) is 24.5 Å². The lowest BCUT2D eigenvalue weighted by Gasteiger charge is -2.41. The summed E-state index contributed by atoms with van der Waals surface area (Å²) in [6.45, 7) is 14.4. The molecule has 11 nitrogen and oxygen atoms in total. The number of amides is 2. The minimum atomic E-state index is -0.807. The van der Waals surface area contributed by atoms with Crippen LogP contribution in [-0.4, -0.2) is 82.0 Å². The van der Waals surface area contributed by atoms with E-state index in [2.05, 4.69) is 45.8 Å². The Bertz CT molecular complexity index is 1630. The van der Waals surface area contributed by atoms with Crippen LogP contribution in [0.5, 0.6) is 5.75 Å². The van der Waals surface area contributed by atoms with E-state index in [-0.39, 0.29) is 17.9 Å². The highest BCUT2D eigenvalue weighted by atomic mass is 16.5. The van der Waals surface area contributed by atoms with Crippen molar-refractivity contribution in [3.63, 3.8) is 0 Å². The predicted octanol–water partition coefficient (Wildman–Crippen LogP) is 3.95. The number of nitrogens with one attached hydrogen (secondary N) is 1. The fraction of sp³-hybridized carbons (Fsp3) is 0.457. The molecular formula is C35H43N7O4. The van der Waals surface area contributed by atoms with Crippen LogP contribution >= 0.6 is 0 Å². The molecule has 2 saturated heterocycles. The lowest BCUT2D eigenvalue weighted by Crippen LogP contribution is -2.55. The molecule has 0 bridgehead atoms. The standard InChI is InChI=1S/C35H43N7O4/c1-6-32(43)42-12-11-41(17-23(42)4)18-31(29-10-9-26(16-38-29)25-7-8-25)46-30-13-21(2)27(14-28(30)35(36)19-45-20-35)34(44)40-33-22(3)15-37-24(5)39-33/h6,9-10,13-16,23,25,31H,1,7-8,11-12,17-20,36H2,2-5H3,(H,37,39,40,44)/t23-,31-/m1/s1. The van der Waals surface area contributed by atoms with Gasteiger partial charge in [-0.3, -0.25) is 19.5 Å². The Morgan fingerprint density at radius 1 is 1.15 bits per heavy atom. The number of carbonyl (C=O) groups is 2. The molecule has 0 unspecified atom stereocenters. The smallest absolute Gasteiger partial charge is 0.257 e. The molecule has 3 aromatic rings. The van der Waals surface area contributed by atoms with Gasteiger partial charge in [-0.1, -0.05) is 12.6 Å². The monoisotopic (exact) mass is 625 g/mol. The van der Waals surface area contributed by atoms with Crippen LogP contribution in [0, 0.1) is 20.8 Å². The van der Waals surface area contributed by atoms with E-state index >= 15 is 0 Å². The van der Waals surface area contributed by atoms with Gasteiger partial charge in [0, 0.05) is 61.3 Å². The quantitative estimate of drug-likeness (QED) is 0.321. The molecule has 3 fully saturated rings. The number of aryl methyl sites for hydroxylation is 3. The van der Waals surface area contributed by atoms with Crippen LogP contribution in [-0.2, 0) is 15.1 Å². The summed E-state index contributed by atoms with van der Waals surface area (Å²) in [6, 6.07) is 7.96. The number of rotatable bonds is 10. The fourth-order valence-electron chi connectivity index (χ4n) is 6.21. The maximum Gasteiger partial charge on any atom is 0.257 e. The Kier molecular flexibility index (Phi) is 8.91. The molecule has 242 valence electrons. The largest absolute Gasteiger partial charge is 0.482 e. The van der Waals surface area contributed by atoms with Crippen molar-refractivity contribution in [2.24, 2.45) is 5.73 Å². The highest BCUT2D eigenvalue weighted by molar-refractivity contribution is 6.05. The maximum absolute atomic E-state index is 13.6. The van der Waals surface area contributed by atoms with Crippen molar-refractivity contribution < 1.29 is 19.1 Å². The van der Waals surface area contributed by atoms with E-state index < -0.39 is 11.6 Å². The summed E-state index contributed by atoms with van der Waals surface area (Å²) in [6.07, 6.45) is 7.01. The molecule has 2 atom stereocenters. The number of carbonyl (C=O) groups excluding carboxylic acids is 2. The summed E-state index contributed by atoms with van der Waals surface area (Å²) in [5.74, 6) is 1.89. The fourth-order valence-corrected chi connectivity index (χ4v) is 6.21. The zero-order chi connectivity index (χ0) is 32.6. The SMILES string of the molecule is C=CC(=O)N1CCN(C[C@@H](Oc2cc(C)c(C(=O)Nc3nc(C)ncc3C)cc2C2(N)COC2)c2ccc(C3CC3)cn2)C[C@H]1C. The zero-order valence-corrected chi connectivity index (χ0v) is 27.1. The molecule has 1 saturated carbocycles. The Morgan fingerprint density at radius 3 is 2.57 bits per heavy atom. The number of ether oxygens (including phenoxy) is 2. The second kappa shape index (κ2) is 12.9. The minimum absolute atomic E-state index is 0.0300. The first-order valence-electron chi connectivity index (χ1n) is 16.0.